The maximum Gasteiger partial charge on any atom is 0.321 e. The lowest BCUT2D eigenvalue weighted by Crippen LogP contribution is -2.53. The van der Waals surface area contributed by atoms with Gasteiger partial charge in [0.25, 0.3) is 0 Å². The van der Waals surface area contributed by atoms with E-state index in [1.165, 1.54) is 7.05 Å². The second-order valence-corrected chi connectivity index (χ2v) is 5.00. The molecule has 0 aromatic rings. The predicted molar refractivity (Wildman–Crippen MR) is 70.0 cm³/mol. The van der Waals surface area contributed by atoms with Crippen molar-refractivity contribution in [1.82, 2.24) is 15.5 Å². The number of rotatable bonds is 3. The maximum absolute atomic E-state index is 11.8. The minimum absolute atomic E-state index is 0.141. The van der Waals surface area contributed by atoms with Crippen LogP contribution in [0, 0.1) is 5.92 Å². The van der Waals surface area contributed by atoms with Gasteiger partial charge in [-0.1, -0.05) is 0 Å². The number of carbonyl (C=O) groups excluding carboxylic acids is 2. The molecule has 0 aromatic heterocycles. The zero-order valence-corrected chi connectivity index (χ0v) is 11.4. The topological polar surface area (TPSA) is 87.5 Å². The van der Waals surface area contributed by atoms with Crippen molar-refractivity contribution in [3.05, 3.63) is 0 Å². The van der Waals surface area contributed by atoms with Gasteiger partial charge in [0, 0.05) is 19.6 Å². The number of carbonyl (C=O) groups is 2. The molecule has 1 fully saturated rings. The third-order valence-corrected chi connectivity index (χ3v) is 3.62. The molecule has 1 aliphatic heterocycles. The number of amides is 3. The molecule has 1 aliphatic rings. The summed E-state index contributed by atoms with van der Waals surface area (Å²) in [5.41, 5.74) is 5.92. The maximum atomic E-state index is 11.8. The molecule has 1 rings (SSSR count). The predicted octanol–water partition coefficient (Wildman–Crippen LogP) is -0.110. The van der Waals surface area contributed by atoms with Crippen molar-refractivity contribution in [2.75, 3.05) is 20.1 Å². The summed E-state index contributed by atoms with van der Waals surface area (Å²) in [6.45, 7) is 5.52. The molecular formula is C12H24N4O2. The Balaban J connectivity index is 2.52. The van der Waals surface area contributed by atoms with Crippen molar-refractivity contribution in [3.63, 3.8) is 0 Å². The molecule has 0 saturated carbocycles. The third kappa shape index (κ3) is 3.96. The van der Waals surface area contributed by atoms with E-state index in [9.17, 15) is 9.59 Å². The number of likely N-dealkylation sites (tertiary alicyclic amines) is 1. The summed E-state index contributed by atoms with van der Waals surface area (Å²) in [6, 6.07) is -0.626. The number of hydrogen-bond donors (Lipinski definition) is 3. The van der Waals surface area contributed by atoms with Gasteiger partial charge in [-0.3, -0.25) is 15.0 Å². The summed E-state index contributed by atoms with van der Waals surface area (Å²) in [6.07, 6.45) is 2.15. The van der Waals surface area contributed by atoms with Crippen LogP contribution in [0.3, 0.4) is 0 Å². The first-order valence-corrected chi connectivity index (χ1v) is 6.48. The minimum atomic E-state index is -0.465. The fourth-order valence-electron chi connectivity index (χ4n) is 2.27. The van der Waals surface area contributed by atoms with Gasteiger partial charge in [0.1, 0.15) is 0 Å². The molecule has 6 heteroatoms. The van der Waals surface area contributed by atoms with Gasteiger partial charge in [-0.05, 0) is 39.2 Å². The fraction of sp³-hybridized carbons (Fsp3) is 0.833. The first-order chi connectivity index (χ1) is 8.45. The number of nitrogens with two attached hydrogens (primary N) is 1. The molecular weight excluding hydrogens is 232 g/mol. The molecule has 1 heterocycles. The minimum Gasteiger partial charge on any atom is -0.341 e. The number of piperidine rings is 1. The molecule has 3 amide bonds. The summed E-state index contributed by atoms with van der Waals surface area (Å²) in [4.78, 5) is 25.0. The van der Waals surface area contributed by atoms with Crippen LogP contribution in [0.15, 0.2) is 0 Å². The Labute approximate surface area is 108 Å². The van der Waals surface area contributed by atoms with E-state index in [2.05, 4.69) is 15.5 Å². The number of urea groups is 1. The van der Waals surface area contributed by atoms with E-state index in [-0.39, 0.29) is 18.0 Å². The van der Waals surface area contributed by atoms with Crippen LogP contribution in [0.2, 0.25) is 0 Å². The van der Waals surface area contributed by atoms with Crippen LogP contribution in [0.25, 0.3) is 0 Å². The number of imide groups is 1. The highest BCUT2D eigenvalue weighted by atomic mass is 16.2. The van der Waals surface area contributed by atoms with E-state index in [0.717, 1.165) is 25.9 Å². The van der Waals surface area contributed by atoms with Gasteiger partial charge in [0.2, 0.25) is 5.91 Å². The van der Waals surface area contributed by atoms with E-state index in [1.807, 2.05) is 13.8 Å². The molecule has 0 spiro atoms. The molecule has 18 heavy (non-hydrogen) atoms. The van der Waals surface area contributed by atoms with Crippen LogP contribution in [0.5, 0.6) is 0 Å². The number of nitrogens with one attached hydrogen (secondary N) is 2. The Morgan fingerprint density at radius 2 is 2.06 bits per heavy atom. The summed E-state index contributed by atoms with van der Waals surface area (Å²) in [5, 5.41) is 4.68. The number of nitrogens with zero attached hydrogens (tertiary/aromatic N) is 1. The molecule has 0 aromatic carbocycles. The molecule has 3 unspecified atom stereocenters. The van der Waals surface area contributed by atoms with Crippen LogP contribution in [-0.4, -0.2) is 49.1 Å². The van der Waals surface area contributed by atoms with Crippen molar-refractivity contribution < 1.29 is 9.59 Å². The normalized spacial score (nSPS) is 24.1. The van der Waals surface area contributed by atoms with Crippen molar-refractivity contribution >= 4 is 11.9 Å². The standard InChI is InChI=1S/C12H24N4O2/c1-8(13)10-5-4-6-16(7-10)9(2)11(17)15-12(18)14-3/h8-10H,4-7,13H2,1-3H3,(H2,14,15,17,18). The summed E-state index contributed by atoms with van der Waals surface area (Å²) in [7, 11) is 1.49. The van der Waals surface area contributed by atoms with Gasteiger partial charge in [-0.15, -0.1) is 0 Å². The lowest BCUT2D eigenvalue weighted by Gasteiger charge is -2.37. The van der Waals surface area contributed by atoms with Crippen molar-refractivity contribution in [3.8, 4) is 0 Å². The Hall–Kier alpha value is -1.14. The van der Waals surface area contributed by atoms with Crippen molar-refractivity contribution in [1.29, 1.82) is 0 Å². The van der Waals surface area contributed by atoms with Crippen LogP contribution < -0.4 is 16.4 Å². The van der Waals surface area contributed by atoms with Gasteiger partial charge in [0.05, 0.1) is 6.04 Å². The Morgan fingerprint density at radius 3 is 2.61 bits per heavy atom. The highest BCUT2D eigenvalue weighted by Crippen LogP contribution is 2.20. The van der Waals surface area contributed by atoms with Crippen LogP contribution in [-0.2, 0) is 4.79 Å². The monoisotopic (exact) mass is 256 g/mol. The van der Waals surface area contributed by atoms with Gasteiger partial charge in [0.15, 0.2) is 0 Å². The zero-order valence-electron chi connectivity index (χ0n) is 11.4. The molecule has 0 aliphatic carbocycles. The summed E-state index contributed by atoms with van der Waals surface area (Å²) in [5.74, 6) is 0.161. The van der Waals surface area contributed by atoms with Crippen LogP contribution >= 0.6 is 0 Å². The Morgan fingerprint density at radius 1 is 1.39 bits per heavy atom. The van der Waals surface area contributed by atoms with E-state index >= 15 is 0 Å². The largest absolute Gasteiger partial charge is 0.341 e. The second-order valence-electron chi connectivity index (χ2n) is 5.00. The van der Waals surface area contributed by atoms with Crippen LogP contribution in [0.1, 0.15) is 26.7 Å². The van der Waals surface area contributed by atoms with Crippen molar-refractivity contribution in [2.24, 2.45) is 11.7 Å². The molecule has 1 saturated heterocycles. The lowest BCUT2D eigenvalue weighted by molar-refractivity contribution is -0.125. The molecule has 104 valence electrons. The first-order valence-electron chi connectivity index (χ1n) is 6.48. The van der Waals surface area contributed by atoms with Gasteiger partial charge < -0.3 is 11.1 Å². The van der Waals surface area contributed by atoms with E-state index < -0.39 is 6.03 Å². The summed E-state index contributed by atoms with van der Waals surface area (Å²) >= 11 is 0. The molecule has 6 nitrogen and oxygen atoms in total. The van der Waals surface area contributed by atoms with Crippen molar-refractivity contribution in [2.45, 2.75) is 38.8 Å². The van der Waals surface area contributed by atoms with E-state index in [1.54, 1.807) is 0 Å². The molecule has 4 N–H and O–H groups in total. The molecule has 0 bridgehead atoms. The smallest absolute Gasteiger partial charge is 0.321 e. The number of hydrogen-bond acceptors (Lipinski definition) is 4. The average Bonchev–Trinajstić information content (AvgIpc) is 2.37. The zero-order chi connectivity index (χ0) is 13.7. The van der Waals surface area contributed by atoms with E-state index in [0.29, 0.717) is 5.92 Å². The van der Waals surface area contributed by atoms with Gasteiger partial charge in [-0.2, -0.15) is 0 Å². The summed E-state index contributed by atoms with van der Waals surface area (Å²) < 4.78 is 0. The Kier molecular flexibility index (Phi) is 5.55. The lowest BCUT2D eigenvalue weighted by atomic mass is 9.91. The SMILES string of the molecule is CNC(=O)NC(=O)C(C)N1CCCC(C(C)N)C1. The molecule has 0 radical (unpaired) electrons. The first kappa shape index (κ1) is 14.9. The fourth-order valence-corrected chi connectivity index (χ4v) is 2.27. The highest BCUT2D eigenvalue weighted by molar-refractivity contribution is 5.96. The Bertz CT molecular complexity index is 306. The average molecular weight is 256 g/mol. The van der Waals surface area contributed by atoms with E-state index in [4.69, 9.17) is 5.73 Å². The third-order valence-electron chi connectivity index (χ3n) is 3.62. The van der Waals surface area contributed by atoms with Gasteiger partial charge >= 0.3 is 6.03 Å². The van der Waals surface area contributed by atoms with Crippen LogP contribution in [0.4, 0.5) is 4.79 Å². The quantitative estimate of drug-likeness (QED) is 0.657. The van der Waals surface area contributed by atoms with Gasteiger partial charge in [-0.25, -0.2) is 4.79 Å². The second kappa shape index (κ2) is 6.70. The molecule has 3 atom stereocenters. The highest BCUT2D eigenvalue weighted by Gasteiger charge is 2.29.